The van der Waals surface area contributed by atoms with Crippen LogP contribution in [0.2, 0.25) is 5.02 Å². The van der Waals surface area contributed by atoms with E-state index in [1.807, 2.05) is 26.0 Å². The number of methoxy groups -OCH3 is 1. The van der Waals surface area contributed by atoms with Crippen LogP contribution in [0.3, 0.4) is 0 Å². The lowest BCUT2D eigenvalue weighted by Crippen LogP contribution is -2.43. The molecule has 1 atom stereocenters. The Labute approximate surface area is 191 Å². The molecule has 0 aliphatic carbocycles. The Kier molecular flexibility index (Phi) is 6.19. The zero-order chi connectivity index (χ0) is 22.8. The predicted octanol–water partition coefficient (Wildman–Crippen LogP) is 4.39. The van der Waals surface area contributed by atoms with Gasteiger partial charge in [0.05, 0.1) is 29.2 Å². The number of hydrogen-bond acceptors (Lipinski definition) is 4. The molecule has 2 amide bonds. The normalized spacial score (nSPS) is 15.6. The number of nitrogens with one attached hydrogen (secondary N) is 1. The van der Waals surface area contributed by atoms with Crippen molar-refractivity contribution in [1.29, 1.82) is 0 Å². The van der Waals surface area contributed by atoms with Gasteiger partial charge in [-0.1, -0.05) is 11.6 Å². The number of amides is 2. The van der Waals surface area contributed by atoms with Crippen molar-refractivity contribution in [2.24, 2.45) is 0 Å². The molecule has 8 heteroatoms. The summed E-state index contributed by atoms with van der Waals surface area (Å²) in [5.41, 5.74) is 3.63. The van der Waals surface area contributed by atoms with E-state index in [4.69, 9.17) is 16.3 Å². The van der Waals surface area contributed by atoms with Gasteiger partial charge >= 0.3 is 0 Å². The molecule has 4 rings (SSSR count). The number of likely N-dealkylation sites (tertiary alicyclic amines) is 1. The van der Waals surface area contributed by atoms with E-state index >= 15 is 0 Å². The molecule has 3 aromatic rings. The first kappa shape index (κ1) is 21.9. The van der Waals surface area contributed by atoms with E-state index in [0.717, 1.165) is 23.5 Å². The molecule has 0 bridgehead atoms. The summed E-state index contributed by atoms with van der Waals surface area (Å²) in [6.07, 6.45) is 1.42. The summed E-state index contributed by atoms with van der Waals surface area (Å²) in [5.74, 6) is 0.372. The van der Waals surface area contributed by atoms with Crippen LogP contribution in [0.4, 0.5) is 5.69 Å². The Balaban J connectivity index is 1.47. The fraction of sp³-hybridized carbons (Fsp3) is 0.292. The molecule has 2 aromatic carbocycles. The van der Waals surface area contributed by atoms with Crippen LogP contribution in [-0.2, 0) is 4.79 Å². The minimum atomic E-state index is -0.501. The van der Waals surface area contributed by atoms with Gasteiger partial charge in [-0.3, -0.25) is 9.59 Å². The number of hydrogen-bond donors (Lipinski definition) is 1. The first-order valence-corrected chi connectivity index (χ1v) is 10.8. The van der Waals surface area contributed by atoms with Crippen LogP contribution < -0.4 is 10.1 Å². The summed E-state index contributed by atoms with van der Waals surface area (Å²) in [6, 6.07) is 13.8. The molecule has 1 unspecified atom stereocenters. The SMILES string of the molecule is COc1ccc(NC(=O)C2CCCN2C(=O)c2ccc(-n3nc(C)c(Cl)c3C)cc2)cc1. The number of ether oxygens (including phenoxy) is 1. The van der Waals surface area contributed by atoms with E-state index < -0.39 is 6.04 Å². The highest BCUT2D eigenvalue weighted by molar-refractivity contribution is 6.31. The van der Waals surface area contributed by atoms with E-state index in [1.165, 1.54) is 0 Å². The molecular formula is C24H25ClN4O3. The Hall–Kier alpha value is -3.32. The van der Waals surface area contributed by atoms with Crippen molar-refractivity contribution in [3.63, 3.8) is 0 Å². The van der Waals surface area contributed by atoms with Crippen LogP contribution in [0.1, 0.15) is 34.6 Å². The minimum absolute atomic E-state index is 0.157. The third-order valence-electron chi connectivity index (χ3n) is 5.74. The highest BCUT2D eigenvalue weighted by Gasteiger charge is 2.34. The number of rotatable bonds is 5. The highest BCUT2D eigenvalue weighted by atomic mass is 35.5. The summed E-state index contributed by atoms with van der Waals surface area (Å²) in [7, 11) is 1.59. The highest BCUT2D eigenvalue weighted by Crippen LogP contribution is 2.25. The number of aryl methyl sites for hydroxylation is 1. The summed E-state index contributed by atoms with van der Waals surface area (Å²) in [4.78, 5) is 27.7. The molecule has 166 valence electrons. The van der Waals surface area contributed by atoms with Gasteiger partial charge in [-0.05, 0) is 75.2 Å². The Morgan fingerprint density at radius 2 is 1.78 bits per heavy atom. The summed E-state index contributed by atoms with van der Waals surface area (Å²) >= 11 is 6.25. The second kappa shape index (κ2) is 9.04. The first-order chi connectivity index (χ1) is 15.4. The van der Waals surface area contributed by atoms with Gasteiger partial charge in [0, 0.05) is 17.8 Å². The molecule has 2 heterocycles. The maximum Gasteiger partial charge on any atom is 0.254 e. The smallest absolute Gasteiger partial charge is 0.254 e. The molecule has 1 N–H and O–H groups in total. The number of nitrogens with zero attached hydrogens (tertiary/aromatic N) is 3. The number of carbonyl (C=O) groups is 2. The van der Waals surface area contributed by atoms with Crippen LogP contribution in [0.5, 0.6) is 5.75 Å². The lowest BCUT2D eigenvalue weighted by atomic mass is 10.1. The Morgan fingerprint density at radius 1 is 1.09 bits per heavy atom. The number of benzene rings is 2. The predicted molar refractivity (Wildman–Crippen MR) is 124 cm³/mol. The van der Waals surface area contributed by atoms with Gasteiger partial charge in [0.25, 0.3) is 5.91 Å². The van der Waals surface area contributed by atoms with Crippen molar-refractivity contribution >= 4 is 29.1 Å². The third-order valence-corrected chi connectivity index (χ3v) is 6.28. The zero-order valence-electron chi connectivity index (χ0n) is 18.3. The second-order valence-electron chi connectivity index (χ2n) is 7.82. The standard InChI is InChI=1S/C24H25ClN4O3/c1-15-22(25)16(2)29(27-15)19-10-6-17(7-11-19)24(31)28-14-4-5-21(28)23(30)26-18-8-12-20(32-3)13-9-18/h6-13,21H,4-5,14H2,1-3H3,(H,26,30). The maximum atomic E-state index is 13.2. The Morgan fingerprint density at radius 3 is 2.38 bits per heavy atom. The van der Waals surface area contributed by atoms with Crippen molar-refractivity contribution < 1.29 is 14.3 Å². The van der Waals surface area contributed by atoms with Gasteiger partial charge in [0.2, 0.25) is 5.91 Å². The van der Waals surface area contributed by atoms with Crippen LogP contribution in [0, 0.1) is 13.8 Å². The summed E-state index contributed by atoms with van der Waals surface area (Å²) in [6.45, 7) is 4.31. The fourth-order valence-corrected chi connectivity index (χ4v) is 4.09. The summed E-state index contributed by atoms with van der Waals surface area (Å²) in [5, 5.41) is 7.98. The van der Waals surface area contributed by atoms with Gasteiger partial charge in [-0.15, -0.1) is 0 Å². The molecule has 0 saturated carbocycles. The maximum absolute atomic E-state index is 13.2. The van der Waals surface area contributed by atoms with E-state index in [0.29, 0.717) is 35.0 Å². The Bertz CT molecular complexity index is 1140. The van der Waals surface area contributed by atoms with E-state index in [1.54, 1.807) is 53.1 Å². The van der Waals surface area contributed by atoms with Crippen molar-refractivity contribution in [3.05, 3.63) is 70.5 Å². The van der Waals surface area contributed by atoms with E-state index in [2.05, 4.69) is 10.4 Å². The van der Waals surface area contributed by atoms with Crippen molar-refractivity contribution in [1.82, 2.24) is 14.7 Å². The van der Waals surface area contributed by atoms with Gasteiger partial charge in [0.15, 0.2) is 0 Å². The van der Waals surface area contributed by atoms with Crippen LogP contribution in [0.25, 0.3) is 5.69 Å². The van der Waals surface area contributed by atoms with Crippen molar-refractivity contribution in [2.75, 3.05) is 19.0 Å². The molecule has 7 nitrogen and oxygen atoms in total. The summed E-state index contributed by atoms with van der Waals surface area (Å²) < 4.78 is 6.90. The molecule has 1 fully saturated rings. The van der Waals surface area contributed by atoms with Crippen molar-refractivity contribution in [3.8, 4) is 11.4 Å². The van der Waals surface area contributed by atoms with Gasteiger partial charge in [-0.25, -0.2) is 4.68 Å². The quantitative estimate of drug-likeness (QED) is 0.622. The molecule has 0 spiro atoms. The number of aromatic nitrogens is 2. The van der Waals surface area contributed by atoms with Crippen LogP contribution >= 0.6 is 11.6 Å². The topological polar surface area (TPSA) is 76.5 Å². The molecule has 1 aliphatic rings. The molecule has 32 heavy (non-hydrogen) atoms. The van der Waals surface area contributed by atoms with Gasteiger partial charge < -0.3 is 15.0 Å². The van der Waals surface area contributed by atoms with E-state index in [-0.39, 0.29) is 11.8 Å². The monoisotopic (exact) mass is 452 g/mol. The van der Waals surface area contributed by atoms with Crippen LogP contribution in [0.15, 0.2) is 48.5 Å². The number of halogens is 1. The average molecular weight is 453 g/mol. The van der Waals surface area contributed by atoms with Crippen LogP contribution in [-0.4, -0.2) is 46.2 Å². The fourth-order valence-electron chi connectivity index (χ4n) is 3.97. The second-order valence-corrected chi connectivity index (χ2v) is 8.20. The third kappa shape index (κ3) is 4.21. The zero-order valence-corrected chi connectivity index (χ0v) is 19.0. The van der Waals surface area contributed by atoms with E-state index in [9.17, 15) is 9.59 Å². The first-order valence-electron chi connectivity index (χ1n) is 10.5. The molecule has 1 saturated heterocycles. The minimum Gasteiger partial charge on any atom is -0.497 e. The molecule has 1 aromatic heterocycles. The molecule has 0 radical (unpaired) electrons. The number of carbonyl (C=O) groups excluding carboxylic acids is 2. The molecular weight excluding hydrogens is 428 g/mol. The van der Waals surface area contributed by atoms with Gasteiger partial charge in [-0.2, -0.15) is 5.10 Å². The van der Waals surface area contributed by atoms with Gasteiger partial charge in [0.1, 0.15) is 11.8 Å². The lowest BCUT2D eigenvalue weighted by molar-refractivity contribution is -0.119. The lowest BCUT2D eigenvalue weighted by Gasteiger charge is -2.24. The largest absolute Gasteiger partial charge is 0.497 e. The molecule has 1 aliphatic heterocycles. The average Bonchev–Trinajstić information content (AvgIpc) is 3.40. The van der Waals surface area contributed by atoms with Crippen molar-refractivity contribution in [2.45, 2.75) is 32.7 Å². The number of anilines is 1.